The molecule has 19 heavy (non-hydrogen) atoms. The van der Waals surface area contributed by atoms with Gasteiger partial charge in [0.1, 0.15) is 0 Å². The Morgan fingerprint density at radius 3 is 2.95 bits per heavy atom. The summed E-state index contributed by atoms with van der Waals surface area (Å²) in [5.74, 6) is -0.142. The van der Waals surface area contributed by atoms with Gasteiger partial charge in [0.15, 0.2) is 0 Å². The maximum absolute atomic E-state index is 12.1. The van der Waals surface area contributed by atoms with Gasteiger partial charge in [-0.3, -0.25) is 9.78 Å². The Labute approximate surface area is 116 Å². The molecule has 0 saturated heterocycles. The molecule has 2 rings (SSSR count). The molecule has 0 saturated carbocycles. The lowest BCUT2D eigenvalue weighted by Gasteiger charge is -2.11. The van der Waals surface area contributed by atoms with Gasteiger partial charge in [-0.25, -0.2) is 4.98 Å². The minimum absolute atomic E-state index is 0.142. The summed E-state index contributed by atoms with van der Waals surface area (Å²) in [6.07, 6.45) is 1.60. The van der Waals surface area contributed by atoms with Crippen LogP contribution in [0.4, 0.5) is 5.69 Å². The van der Waals surface area contributed by atoms with Crippen LogP contribution in [-0.2, 0) is 6.54 Å². The highest BCUT2D eigenvalue weighted by Crippen LogP contribution is 2.15. The summed E-state index contributed by atoms with van der Waals surface area (Å²) in [6.45, 7) is 5.09. The predicted octanol–water partition coefficient (Wildman–Crippen LogP) is 2.21. The number of pyridine rings is 1. The molecule has 0 bridgehead atoms. The van der Waals surface area contributed by atoms with Gasteiger partial charge in [-0.15, -0.1) is 11.3 Å². The molecule has 0 aliphatic rings. The van der Waals surface area contributed by atoms with Crippen LogP contribution in [-0.4, -0.2) is 22.4 Å². The number of amides is 1. The summed E-state index contributed by atoms with van der Waals surface area (Å²) < 4.78 is 0. The van der Waals surface area contributed by atoms with Crippen LogP contribution in [0.5, 0.6) is 0 Å². The predicted molar refractivity (Wildman–Crippen MR) is 76.4 cm³/mol. The standard InChI is InChI=1S/C13H16N4OS/c1-3-14-12-4-9(2)15-6-11(12)13(18)16-5-10-7-19-8-17-10/h4,6-8H,3,5H2,1-2H3,(H,14,15)(H,16,18). The molecule has 2 aromatic heterocycles. The third kappa shape index (κ3) is 3.51. The largest absolute Gasteiger partial charge is 0.385 e. The van der Waals surface area contributed by atoms with Crippen molar-refractivity contribution < 1.29 is 4.79 Å². The normalized spacial score (nSPS) is 10.2. The van der Waals surface area contributed by atoms with Crippen molar-refractivity contribution in [2.75, 3.05) is 11.9 Å². The van der Waals surface area contributed by atoms with Crippen molar-refractivity contribution in [2.45, 2.75) is 20.4 Å². The van der Waals surface area contributed by atoms with Crippen LogP contribution in [0.2, 0.25) is 0 Å². The zero-order chi connectivity index (χ0) is 13.7. The first kappa shape index (κ1) is 13.5. The topological polar surface area (TPSA) is 66.9 Å². The lowest BCUT2D eigenvalue weighted by Crippen LogP contribution is -2.24. The highest BCUT2D eigenvalue weighted by molar-refractivity contribution is 7.07. The van der Waals surface area contributed by atoms with E-state index in [2.05, 4.69) is 20.6 Å². The molecule has 2 N–H and O–H groups in total. The molecule has 5 nitrogen and oxygen atoms in total. The molecule has 2 aromatic rings. The summed E-state index contributed by atoms with van der Waals surface area (Å²) in [7, 11) is 0. The third-order valence-electron chi connectivity index (χ3n) is 2.57. The molecule has 0 fully saturated rings. The second kappa shape index (κ2) is 6.29. The Hall–Kier alpha value is -1.95. The van der Waals surface area contributed by atoms with E-state index in [1.165, 1.54) is 11.3 Å². The smallest absolute Gasteiger partial charge is 0.255 e. The number of anilines is 1. The summed E-state index contributed by atoms with van der Waals surface area (Å²) in [5, 5.41) is 7.94. The molecule has 0 unspecified atom stereocenters. The van der Waals surface area contributed by atoms with Crippen molar-refractivity contribution in [3.8, 4) is 0 Å². The minimum Gasteiger partial charge on any atom is -0.385 e. The number of nitrogens with one attached hydrogen (secondary N) is 2. The lowest BCUT2D eigenvalue weighted by molar-refractivity contribution is 0.0951. The molecule has 0 radical (unpaired) electrons. The highest BCUT2D eigenvalue weighted by Gasteiger charge is 2.12. The molecule has 1 amide bonds. The third-order valence-corrected chi connectivity index (χ3v) is 3.20. The van der Waals surface area contributed by atoms with Crippen LogP contribution >= 0.6 is 11.3 Å². The number of thiazole rings is 1. The minimum atomic E-state index is -0.142. The first-order valence-corrected chi connectivity index (χ1v) is 7.00. The molecular weight excluding hydrogens is 260 g/mol. The maximum atomic E-state index is 12.1. The van der Waals surface area contributed by atoms with Gasteiger partial charge in [-0.05, 0) is 19.9 Å². The second-order valence-electron chi connectivity index (χ2n) is 4.06. The summed E-state index contributed by atoms with van der Waals surface area (Å²) in [6, 6.07) is 1.88. The van der Waals surface area contributed by atoms with Crippen molar-refractivity contribution in [1.82, 2.24) is 15.3 Å². The molecule has 0 aromatic carbocycles. The molecule has 0 spiro atoms. The van der Waals surface area contributed by atoms with Crippen LogP contribution in [0.1, 0.15) is 28.7 Å². The molecule has 6 heteroatoms. The number of carbonyl (C=O) groups is 1. The Morgan fingerprint density at radius 2 is 2.26 bits per heavy atom. The number of nitrogens with zero attached hydrogens (tertiary/aromatic N) is 2. The van der Waals surface area contributed by atoms with Crippen LogP contribution in [0, 0.1) is 6.92 Å². The molecule has 0 aliphatic carbocycles. The lowest BCUT2D eigenvalue weighted by atomic mass is 10.2. The first-order chi connectivity index (χ1) is 9.20. The average Bonchev–Trinajstić information content (AvgIpc) is 2.90. The van der Waals surface area contributed by atoms with Crippen molar-refractivity contribution in [1.29, 1.82) is 0 Å². The fraction of sp³-hybridized carbons (Fsp3) is 0.308. The van der Waals surface area contributed by atoms with Crippen LogP contribution in [0.3, 0.4) is 0 Å². The Kier molecular flexibility index (Phi) is 4.46. The number of aryl methyl sites for hydroxylation is 1. The van der Waals surface area contributed by atoms with Crippen molar-refractivity contribution in [3.63, 3.8) is 0 Å². The van der Waals surface area contributed by atoms with Gasteiger partial charge in [-0.1, -0.05) is 0 Å². The van der Waals surface area contributed by atoms with E-state index in [1.807, 2.05) is 25.3 Å². The van der Waals surface area contributed by atoms with E-state index in [0.29, 0.717) is 12.1 Å². The van der Waals surface area contributed by atoms with E-state index in [1.54, 1.807) is 11.7 Å². The van der Waals surface area contributed by atoms with Gasteiger partial charge in [0, 0.05) is 23.8 Å². The molecule has 2 heterocycles. The maximum Gasteiger partial charge on any atom is 0.255 e. The number of carbonyl (C=O) groups excluding carboxylic acids is 1. The van der Waals surface area contributed by atoms with E-state index in [-0.39, 0.29) is 5.91 Å². The van der Waals surface area contributed by atoms with Crippen molar-refractivity contribution in [2.24, 2.45) is 0 Å². The second-order valence-corrected chi connectivity index (χ2v) is 4.78. The fourth-order valence-corrected chi connectivity index (χ4v) is 2.23. The summed E-state index contributed by atoms with van der Waals surface area (Å²) in [4.78, 5) is 20.4. The van der Waals surface area contributed by atoms with Crippen LogP contribution in [0.25, 0.3) is 0 Å². The van der Waals surface area contributed by atoms with Gasteiger partial charge in [0.25, 0.3) is 5.91 Å². The first-order valence-electron chi connectivity index (χ1n) is 6.06. The van der Waals surface area contributed by atoms with Crippen LogP contribution in [0.15, 0.2) is 23.2 Å². The summed E-state index contributed by atoms with van der Waals surface area (Å²) in [5.41, 5.74) is 4.86. The Bertz CT molecular complexity index is 554. The van der Waals surface area contributed by atoms with E-state index < -0.39 is 0 Å². The highest BCUT2D eigenvalue weighted by atomic mass is 32.1. The molecule has 0 atom stereocenters. The van der Waals surface area contributed by atoms with Gasteiger partial charge in [0.05, 0.1) is 29.0 Å². The van der Waals surface area contributed by atoms with E-state index in [9.17, 15) is 4.79 Å². The number of rotatable bonds is 5. The van der Waals surface area contributed by atoms with Gasteiger partial charge in [0.2, 0.25) is 0 Å². The van der Waals surface area contributed by atoms with Crippen molar-refractivity contribution in [3.05, 3.63) is 40.1 Å². The molecule has 0 aliphatic heterocycles. The fourth-order valence-electron chi connectivity index (χ4n) is 1.67. The molecule has 100 valence electrons. The number of hydrogen-bond donors (Lipinski definition) is 2. The Balaban J connectivity index is 2.09. The van der Waals surface area contributed by atoms with Crippen LogP contribution < -0.4 is 10.6 Å². The number of aromatic nitrogens is 2. The number of hydrogen-bond acceptors (Lipinski definition) is 5. The molecular formula is C13H16N4OS. The zero-order valence-corrected chi connectivity index (χ0v) is 11.8. The summed E-state index contributed by atoms with van der Waals surface area (Å²) >= 11 is 1.51. The average molecular weight is 276 g/mol. The van der Waals surface area contributed by atoms with Gasteiger partial charge < -0.3 is 10.6 Å². The van der Waals surface area contributed by atoms with Crippen molar-refractivity contribution >= 4 is 22.9 Å². The van der Waals surface area contributed by atoms with E-state index in [4.69, 9.17) is 0 Å². The monoisotopic (exact) mass is 276 g/mol. The SMILES string of the molecule is CCNc1cc(C)ncc1C(=O)NCc1cscn1. The quantitative estimate of drug-likeness (QED) is 0.878. The Morgan fingerprint density at radius 1 is 1.42 bits per heavy atom. The van der Waals surface area contributed by atoms with Gasteiger partial charge in [-0.2, -0.15) is 0 Å². The van der Waals surface area contributed by atoms with E-state index >= 15 is 0 Å². The zero-order valence-electron chi connectivity index (χ0n) is 10.9. The van der Waals surface area contributed by atoms with E-state index in [0.717, 1.165) is 23.6 Å². The van der Waals surface area contributed by atoms with Gasteiger partial charge >= 0.3 is 0 Å².